The molecule has 20 heavy (non-hydrogen) atoms. The monoisotopic (exact) mass is 295 g/mol. The van der Waals surface area contributed by atoms with Gasteiger partial charge in [0.25, 0.3) is 0 Å². The number of carbonyl (C=O) groups is 2. The molecular formula is C15H18ClNO3. The second kappa shape index (κ2) is 6.75. The lowest BCUT2D eigenvalue weighted by Gasteiger charge is -2.20. The molecule has 1 aliphatic rings. The lowest BCUT2D eigenvalue weighted by atomic mass is 9.90. The first-order valence-electron chi connectivity index (χ1n) is 6.76. The van der Waals surface area contributed by atoms with Gasteiger partial charge in [-0.1, -0.05) is 24.4 Å². The van der Waals surface area contributed by atoms with E-state index in [9.17, 15) is 9.59 Å². The highest BCUT2D eigenvalue weighted by Gasteiger charge is 2.37. The maximum atomic E-state index is 12.3. The number of halogens is 1. The third-order valence-electron chi connectivity index (χ3n) is 3.72. The molecule has 1 aromatic carbocycles. The molecule has 1 saturated carbocycles. The van der Waals surface area contributed by atoms with Crippen LogP contribution in [0.4, 0.5) is 5.69 Å². The van der Waals surface area contributed by atoms with Crippen molar-refractivity contribution >= 4 is 29.2 Å². The highest BCUT2D eigenvalue weighted by atomic mass is 35.5. The highest BCUT2D eigenvalue weighted by Crippen LogP contribution is 2.33. The van der Waals surface area contributed by atoms with Gasteiger partial charge in [0.2, 0.25) is 5.91 Å². The molecule has 0 radical (unpaired) electrons. The summed E-state index contributed by atoms with van der Waals surface area (Å²) in [6.45, 7) is 0. The van der Waals surface area contributed by atoms with Crippen LogP contribution in [0.25, 0.3) is 0 Å². The molecule has 108 valence electrons. The number of rotatable bonds is 4. The van der Waals surface area contributed by atoms with Crippen molar-refractivity contribution in [2.45, 2.75) is 25.7 Å². The van der Waals surface area contributed by atoms with Gasteiger partial charge in [-0.2, -0.15) is 0 Å². The molecule has 1 amide bonds. The molecule has 0 spiro atoms. The zero-order valence-electron chi connectivity index (χ0n) is 11.4. The lowest BCUT2D eigenvalue weighted by Crippen LogP contribution is -2.35. The molecule has 0 heterocycles. The fraction of sp³-hybridized carbons (Fsp3) is 0.467. The molecule has 0 bridgehead atoms. The molecule has 2 rings (SSSR count). The average molecular weight is 296 g/mol. The molecule has 4 nitrogen and oxygen atoms in total. The SMILES string of the molecule is COC(=O)C(C(=O)Nc1ccc(Cl)cc1)C1CCCC1. The predicted octanol–water partition coefficient (Wildman–Crippen LogP) is 3.26. The zero-order chi connectivity index (χ0) is 14.5. The van der Waals surface area contributed by atoms with Gasteiger partial charge in [0.1, 0.15) is 5.92 Å². The van der Waals surface area contributed by atoms with Crippen LogP contribution in [0.15, 0.2) is 24.3 Å². The number of carbonyl (C=O) groups excluding carboxylic acids is 2. The van der Waals surface area contributed by atoms with Crippen molar-refractivity contribution < 1.29 is 14.3 Å². The first kappa shape index (κ1) is 14.9. The van der Waals surface area contributed by atoms with Crippen molar-refractivity contribution in [3.63, 3.8) is 0 Å². The highest BCUT2D eigenvalue weighted by molar-refractivity contribution is 6.30. The topological polar surface area (TPSA) is 55.4 Å². The molecule has 0 aromatic heterocycles. The fourth-order valence-electron chi connectivity index (χ4n) is 2.68. The summed E-state index contributed by atoms with van der Waals surface area (Å²) in [7, 11) is 1.32. The van der Waals surface area contributed by atoms with Crippen molar-refractivity contribution in [2.75, 3.05) is 12.4 Å². The summed E-state index contributed by atoms with van der Waals surface area (Å²) in [6.07, 6.45) is 3.92. The quantitative estimate of drug-likeness (QED) is 0.685. The summed E-state index contributed by atoms with van der Waals surface area (Å²) in [5.74, 6) is -1.40. The van der Waals surface area contributed by atoms with E-state index in [1.165, 1.54) is 7.11 Å². The predicted molar refractivity (Wildman–Crippen MR) is 77.5 cm³/mol. The van der Waals surface area contributed by atoms with Gasteiger partial charge in [0.05, 0.1) is 7.11 Å². The van der Waals surface area contributed by atoms with Crippen LogP contribution in [0.5, 0.6) is 0 Å². The van der Waals surface area contributed by atoms with E-state index in [1.807, 2.05) is 0 Å². The van der Waals surface area contributed by atoms with Crippen molar-refractivity contribution in [3.05, 3.63) is 29.3 Å². The molecule has 5 heteroatoms. The second-order valence-electron chi connectivity index (χ2n) is 5.04. The van der Waals surface area contributed by atoms with Crippen molar-refractivity contribution in [3.8, 4) is 0 Å². The van der Waals surface area contributed by atoms with Crippen LogP contribution >= 0.6 is 11.6 Å². The third-order valence-corrected chi connectivity index (χ3v) is 3.97. The summed E-state index contributed by atoms with van der Waals surface area (Å²) in [4.78, 5) is 24.2. The van der Waals surface area contributed by atoms with Gasteiger partial charge in [-0.05, 0) is 43.0 Å². The molecule has 1 aliphatic carbocycles. The van der Waals surface area contributed by atoms with Crippen molar-refractivity contribution in [1.82, 2.24) is 0 Å². The van der Waals surface area contributed by atoms with Crippen LogP contribution in [0.1, 0.15) is 25.7 Å². The number of esters is 1. The number of methoxy groups -OCH3 is 1. The van der Waals surface area contributed by atoms with Crippen LogP contribution < -0.4 is 5.32 Å². The minimum Gasteiger partial charge on any atom is -0.468 e. The van der Waals surface area contributed by atoms with Gasteiger partial charge in [-0.25, -0.2) is 0 Å². The number of hydrogen-bond acceptors (Lipinski definition) is 3. The van der Waals surface area contributed by atoms with E-state index < -0.39 is 11.9 Å². The van der Waals surface area contributed by atoms with Gasteiger partial charge in [0, 0.05) is 10.7 Å². The van der Waals surface area contributed by atoms with Crippen LogP contribution in [0.2, 0.25) is 5.02 Å². The minimum atomic E-state index is -0.724. The Morgan fingerprint density at radius 2 is 1.85 bits per heavy atom. The maximum absolute atomic E-state index is 12.3. The lowest BCUT2D eigenvalue weighted by molar-refractivity contribution is -0.150. The standard InChI is InChI=1S/C15H18ClNO3/c1-20-15(19)13(10-4-2-3-5-10)14(18)17-12-8-6-11(16)7-9-12/h6-10,13H,2-5H2,1H3,(H,17,18). The van der Waals surface area contributed by atoms with Gasteiger partial charge >= 0.3 is 5.97 Å². The summed E-state index contributed by atoms with van der Waals surface area (Å²) in [6, 6.07) is 6.81. The molecular weight excluding hydrogens is 278 g/mol. The second-order valence-corrected chi connectivity index (χ2v) is 5.48. The van der Waals surface area contributed by atoms with Crippen LogP contribution in [0, 0.1) is 11.8 Å². The Hall–Kier alpha value is -1.55. The summed E-state index contributed by atoms with van der Waals surface area (Å²) < 4.78 is 4.78. The van der Waals surface area contributed by atoms with Gasteiger partial charge in [-0.3, -0.25) is 9.59 Å². The third kappa shape index (κ3) is 3.51. The number of benzene rings is 1. The molecule has 0 aliphatic heterocycles. The fourth-order valence-corrected chi connectivity index (χ4v) is 2.81. The molecule has 1 fully saturated rings. The molecule has 1 N–H and O–H groups in total. The number of amides is 1. The number of ether oxygens (including phenoxy) is 1. The normalized spacial score (nSPS) is 16.7. The molecule has 0 saturated heterocycles. The summed E-state index contributed by atoms with van der Waals surface area (Å²) >= 11 is 5.80. The first-order valence-corrected chi connectivity index (χ1v) is 7.14. The van der Waals surface area contributed by atoms with Crippen LogP contribution in [-0.2, 0) is 14.3 Å². The largest absolute Gasteiger partial charge is 0.468 e. The number of anilines is 1. The van der Waals surface area contributed by atoms with E-state index in [2.05, 4.69) is 5.32 Å². The van der Waals surface area contributed by atoms with E-state index in [1.54, 1.807) is 24.3 Å². The Balaban J connectivity index is 2.09. The van der Waals surface area contributed by atoms with E-state index in [0.29, 0.717) is 10.7 Å². The van der Waals surface area contributed by atoms with Gasteiger partial charge < -0.3 is 10.1 Å². The number of hydrogen-bond donors (Lipinski definition) is 1. The van der Waals surface area contributed by atoms with Crippen LogP contribution in [0.3, 0.4) is 0 Å². The summed E-state index contributed by atoms with van der Waals surface area (Å²) in [5, 5.41) is 3.36. The van der Waals surface area contributed by atoms with Crippen LogP contribution in [-0.4, -0.2) is 19.0 Å². The Labute approximate surface area is 123 Å². The maximum Gasteiger partial charge on any atom is 0.318 e. The van der Waals surface area contributed by atoms with Crippen molar-refractivity contribution in [1.29, 1.82) is 0 Å². The summed E-state index contributed by atoms with van der Waals surface area (Å²) in [5.41, 5.74) is 0.631. The minimum absolute atomic E-state index is 0.0785. The van der Waals surface area contributed by atoms with E-state index in [0.717, 1.165) is 25.7 Å². The van der Waals surface area contributed by atoms with E-state index >= 15 is 0 Å². The van der Waals surface area contributed by atoms with E-state index in [4.69, 9.17) is 16.3 Å². The zero-order valence-corrected chi connectivity index (χ0v) is 12.2. The van der Waals surface area contributed by atoms with Gasteiger partial charge in [0.15, 0.2) is 0 Å². The van der Waals surface area contributed by atoms with Gasteiger partial charge in [-0.15, -0.1) is 0 Å². The molecule has 1 aromatic rings. The van der Waals surface area contributed by atoms with E-state index in [-0.39, 0.29) is 11.8 Å². The van der Waals surface area contributed by atoms with Crippen molar-refractivity contribution in [2.24, 2.45) is 11.8 Å². The molecule has 1 unspecified atom stereocenters. The molecule has 1 atom stereocenters. The Bertz CT molecular complexity index is 480. The average Bonchev–Trinajstić information content (AvgIpc) is 2.95. The number of nitrogens with one attached hydrogen (secondary N) is 1. The Morgan fingerprint density at radius 1 is 1.25 bits per heavy atom. The smallest absolute Gasteiger partial charge is 0.318 e. The Kier molecular flexibility index (Phi) is 5.01. The Morgan fingerprint density at radius 3 is 2.40 bits per heavy atom. The first-order chi connectivity index (χ1) is 9.61.